The van der Waals surface area contributed by atoms with Crippen molar-refractivity contribution in [1.82, 2.24) is 10.3 Å². The van der Waals surface area contributed by atoms with E-state index in [-0.39, 0.29) is 19.1 Å². The highest BCUT2D eigenvalue weighted by Crippen LogP contribution is 2.21. The summed E-state index contributed by atoms with van der Waals surface area (Å²) in [4.78, 5) is 15.4. The van der Waals surface area contributed by atoms with E-state index in [9.17, 15) is 4.79 Å². The first-order chi connectivity index (χ1) is 11.7. The number of fused-ring (bicyclic) bond motifs is 1. The first-order valence-corrected chi connectivity index (χ1v) is 7.93. The van der Waals surface area contributed by atoms with Crippen LogP contribution >= 0.6 is 11.6 Å². The molecule has 3 rings (SSSR count). The molecule has 124 valence electrons. The largest absolute Gasteiger partial charge is 0.491 e. The smallest absolute Gasteiger partial charge is 0.267 e. The topological polar surface area (TPSA) is 74.3 Å². The molecule has 0 saturated heterocycles. The fraction of sp³-hybridized carbons (Fsp3) is 0.167. The van der Waals surface area contributed by atoms with Gasteiger partial charge in [-0.15, -0.1) is 0 Å². The van der Waals surface area contributed by atoms with Gasteiger partial charge in [-0.05, 0) is 24.3 Å². The van der Waals surface area contributed by atoms with Crippen LogP contribution < -0.4 is 10.1 Å². The zero-order valence-corrected chi connectivity index (χ0v) is 13.6. The van der Waals surface area contributed by atoms with E-state index in [0.29, 0.717) is 23.0 Å². The Morgan fingerprint density at radius 2 is 2.04 bits per heavy atom. The van der Waals surface area contributed by atoms with Crippen LogP contribution in [0.15, 0.2) is 48.5 Å². The van der Waals surface area contributed by atoms with Gasteiger partial charge < -0.3 is 20.1 Å². The second-order valence-corrected chi connectivity index (χ2v) is 5.71. The summed E-state index contributed by atoms with van der Waals surface area (Å²) < 4.78 is 5.46. The molecular weight excluding hydrogens is 328 g/mol. The Morgan fingerprint density at radius 1 is 1.21 bits per heavy atom. The number of rotatable bonds is 6. The molecule has 6 heteroatoms. The number of aliphatic hydroxyl groups is 1. The second kappa shape index (κ2) is 7.38. The summed E-state index contributed by atoms with van der Waals surface area (Å²) in [7, 11) is 0. The molecule has 2 aromatic carbocycles. The van der Waals surface area contributed by atoms with Gasteiger partial charge in [0.05, 0.1) is 6.61 Å². The number of benzene rings is 2. The van der Waals surface area contributed by atoms with Crippen molar-refractivity contribution < 1.29 is 14.6 Å². The van der Waals surface area contributed by atoms with Gasteiger partial charge in [-0.2, -0.15) is 0 Å². The number of aliphatic hydroxyl groups excluding tert-OH is 1. The molecule has 0 bridgehead atoms. The molecule has 0 spiro atoms. The van der Waals surface area contributed by atoms with Crippen molar-refractivity contribution in [2.24, 2.45) is 0 Å². The Morgan fingerprint density at radius 3 is 2.88 bits per heavy atom. The average molecular weight is 345 g/mol. The van der Waals surface area contributed by atoms with Gasteiger partial charge in [-0.25, -0.2) is 0 Å². The van der Waals surface area contributed by atoms with Crippen LogP contribution in [-0.2, 0) is 6.54 Å². The third-order valence-electron chi connectivity index (χ3n) is 3.59. The maximum absolute atomic E-state index is 12.3. The van der Waals surface area contributed by atoms with E-state index in [2.05, 4.69) is 10.3 Å². The fourth-order valence-electron chi connectivity index (χ4n) is 2.44. The molecule has 0 aliphatic carbocycles. The molecule has 0 aliphatic heterocycles. The van der Waals surface area contributed by atoms with E-state index in [0.717, 1.165) is 16.5 Å². The van der Waals surface area contributed by atoms with Crippen LogP contribution in [0.1, 0.15) is 16.1 Å². The molecule has 1 heterocycles. The summed E-state index contributed by atoms with van der Waals surface area (Å²) in [5.41, 5.74) is 2.14. The fourth-order valence-corrected chi connectivity index (χ4v) is 2.61. The molecule has 1 amide bonds. The molecule has 3 N–H and O–H groups in total. The van der Waals surface area contributed by atoms with E-state index in [1.807, 2.05) is 30.3 Å². The van der Waals surface area contributed by atoms with Crippen molar-refractivity contribution in [2.75, 3.05) is 13.2 Å². The summed E-state index contributed by atoms with van der Waals surface area (Å²) in [5, 5.41) is 13.3. The van der Waals surface area contributed by atoms with Crippen molar-refractivity contribution in [1.29, 1.82) is 0 Å². The van der Waals surface area contributed by atoms with Crippen molar-refractivity contribution in [3.8, 4) is 5.75 Å². The lowest BCUT2D eigenvalue weighted by molar-refractivity contribution is 0.0946. The Labute approximate surface area is 144 Å². The monoisotopic (exact) mass is 344 g/mol. The van der Waals surface area contributed by atoms with Gasteiger partial charge in [0.15, 0.2) is 0 Å². The molecular formula is C18H17ClN2O3. The van der Waals surface area contributed by atoms with E-state index in [4.69, 9.17) is 21.4 Å². The van der Waals surface area contributed by atoms with E-state index >= 15 is 0 Å². The molecule has 0 saturated carbocycles. The van der Waals surface area contributed by atoms with Crippen molar-refractivity contribution >= 4 is 28.4 Å². The first-order valence-electron chi connectivity index (χ1n) is 7.55. The Hall–Kier alpha value is -2.50. The zero-order chi connectivity index (χ0) is 16.9. The van der Waals surface area contributed by atoms with Crippen LogP contribution in [0.5, 0.6) is 5.75 Å². The lowest BCUT2D eigenvalue weighted by Crippen LogP contribution is -2.23. The number of hydrogen-bond donors (Lipinski definition) is 3. The van der Waals surface area contributed by atoms with Crippen LogP contribution in [0, 0.1) is 0 Å². The third kappa shape index (κ3) is 3.69. The molecule has 0 radical (unpaired) electrons. The van der Waals surface area contributed by atoms with Crippen LogP contribution in [0.25, 0.3) is 10.9 Å². The quantitative estimate of drug-likeness (QED) is 0.643. The molecule has 0 atom stereocenters. The lowest BCUT2D eigenvalue weighted by atomic mass is 10.2. The van der Waals surface area contributed by atoms with E-state index in [1.54, 1.807) is 18.2 Å². The van der Waals surface area contributed by atoms with Crippen LogP contribution in [-0.4, -0.2) is 29.2 Å². The molecule has 1 aromatic heterocycles. The number of carbonyl (C=O) groups is 1. The minimum atomic E-state index is -0.209. The average Bonchev–Trinajstić information content (AvgIpc) is 3.01. The summed E-state index contributed by atoms with van der Waals surface area (Å²) in [5.74, 6) is 0.439. The van der Waals surface area contributed by atoms with Crippen LogP contribution in [0.3, 0.4) is 0 Å². The number of aromatic nitrogens is 1. The predicted molar refractivity (Wildman–Crippen MR) is 93.5 cm³/mol. The highest BCUT2D eigenvalue weighted by Gasteiger charge is 2.11. The number of amides is 1. The lowest BCUT2D eigenvalue weighted by Gasteiger charge is -2.11. The third-order valence-corrected chi connectivity index (χ3v) is 3.83. The van der Waals surface area contributed by atoms with Gasteiger partial charge in [0.2, 0.25) is 0 Å². The van der Waals surface area contributed by atoms with Crippen LogP contribution in [0.4, 0.5) is 0 Å². The van der Waals surface area contributed by atoms with Gasteiger partial charge >= 0.3 is 0 Å². The van der Waals surface area contributed by atoms with Gasteiger partial charge in [0, 0.05) is 28.0 Å². The first kappa shape index (κ1) is 16.4. The highest BCUT2D eigenvalue weighted by atomic mass is 35.5. The maximum Gasteiger partial charge on any atom is 0.267 e. The Kier molecular flexibility index (Phi) is 5.03. The molecule has 0 unspecified atom stereocenters. The highest BCUT2D eigenvalue weighted by molar-refractivity contribution is 6.31. The number of ether oxygens (including phenoxy) is 1. The number of para-hydroxylation sites is 1. The van der Waals surface area contributed by atoms with Crippen LogP contribution in [0.2, 0.25) is 5.02 Å². The second-order valence-electron chi connectivity index (χ2n) is 5.28. The SMILES string of the molecule is O=C(NCc1ccccc1OCCO)c1cc2ccc(Cl)cc2[nH]1. The summed E-state index contributed by atoms with van der Waals surface area (Å²) in [6.07, 6.45) is 0. The van der Waals surface area contributed by atoms with Crippen molar-refractivity contribution in [2.45, 2.75) is 6.54 Å². The number of halogens is 1. The Balaban J connectivity index is 1.70. The summed E-state index contributed by atoms with van der Waals surface area (Å²) in [6.45, 7) is 0.489. The zero-order valence-electron chi connectivity index (χ0n) is 12.9. The minimum absolute atomic E-state index is 0.0572. The molecule has 0 fully saturated rings. The number of H-pyrrole nitrogens is 1. The number of carbonyl (C=O) groups excluding carboxylic acids is 1. The summed E-state index contributed by atoms with van der Waals surface area (Å²) >= 11 is 5.96. The normalized spacial score (nSPS) is 10.8. The van der Waals surface area contributed by atoms with Gasteiger partial charge in [-0.1, -0.05) is 35.9 Å². The molecule has 24 heavy (non-hydrogen) atoms. The van der Waals surface area contributed by atoms with Gasteiger partial charge in [0.25, 0.3) is 5.91 Å². The van der Waals surface area contributed by atoms with Crippen molar-refractivity contribution in [3.63, 3.8) is 0 Å². The number of nitrogens with one attached hydrogen (secondary N) is 2. The van der Waals surface area contributed by atoms with Crippen molar-refractivity contribution in [3.05, 3.63) is 64.8 Å². The number of hydrogen-bond acceptors (Lipinski definition) is 3. The molecule has 3 aromatic rings. The predicted octanol–water partition coefficient (Wildman–Crippen LogP) is 3.12. The standard InChI is InChI=1S/C18H17ClN2O3/c19-14-6-5-12-9-16(21-15(12)10-14)18(23)20-11-13-3-1-2-4-17(13)24-8-7-22/h1-6,9-10,21-22H,7-8,11H2,(H,20,23). The Bertz CT molecular complexity index is 860. The van der Waals surface area contributed by atoms with Gasteiger partial charge in [-0.3, -0.25) is 4.79 Å². The number of aromatic amines is 1. The minimum Gasteiger partial charge on any atom is -0.491 e. The van der Waals surface area contributed by atoms with Gasteiger partial charge in [0.1, 0.15) is 18.1 Å². The maximum atomic E-state index is 12.3. The van der Waals surface area contributed by atoms with E-state index < -0.39 is 0 Å². The molecule has 5 nitrogen and oxygen atoms in total. The van der Waals surface area contributed by atoms with E-state index in [1.165, 1.54) is 0 Å². The molecule has 0 aliphatic rings. The summed E-state index contributed by atoms with van der Waals surface area (Å²) in [6, 6.07) is 14.6.